The van der Waals surface area contributed by atoms with E-state index in [0.29, 0.717) is 13.0 Å². The predicted octanol–water partition coefficient (Wildman–Crippen LogP) is 1.97. The maximum Gasteiger partial charge on any atom is 0.146 e. The predicted molar refractivity (Wildman–Crippen MR) is 76.9 cm³/mol. The quantitative estimate of drug-likeness (QED) is 0.554. The molecule has 1 aromatic carbocycles. The van der Waals surface area contributed by atoms with Crippen LogP contribution in [-0.4, -0.2) is 37.3 Å². The number of aliphatic hydroxyl groups is 1. The topological polar surface area (TPSA) is 47.9 Å². The summed E-state index contributed by atoms with van der Waals surface area (Å²) in [6.45, 7) is 2.17. The first-order valence-corrected chi connectivity index (χ1v) is 6.56. The van der Waals surface area contributed by atoms with Gasteiger partial charge in [-0.3, -0.25) is 0 Å². The van der Waals surface area contributed by atoms with Crippen LogP contribution in [0.15, 0.2) is 30.3 Å². The fourth-order valence-electron chi connectivity index (χ4n) is 1.87. The first kappa shape index (κ1) is 16.7. The van der Waals surface area contributed by atoms with Gasteiger partial charge in [0.2, 0.25) is 0 Å². The van der Waals surface area contributed by atoms with E-state index in [0.717, 1.165) is 5.56 Å². The van der Waals surface area contributed by atoms with Crippen molar-refractivity contribution in [2.45, 2.75) is 38.3 Å². The highest BCUT2D eigenvalue weighted by atomic mass is 16.7. The Labute approximate surface area is 120 Å². The van der Waals surface area contributed by atoms with Crippen LogP contribution in [0.1, 0.15) is 18.9 Å². The average molecular weight is 278 g/mol. The van der Waals surface area contributed by atoms with Crippen LogP contribution in [0.5, 0.6) is 0 Å². The van der Waals surface area contributed by atoms with Gasteiger partial charge < -0.3 is 19.3 Å². The number of rotatable bonds is 9. The maximum atomic E-state index is 9.87. The van der Waals surface area contributed by atoms with Gasteiger partial charge in [0, 0.05) is 13.5 Å². The molecule has 0 amide bonds. The first-order valence-electron chi connectivity index (χ1n) is 6.56. The highest BCUT2D eigenvalue weighted by molar-refractivity contribution is 5.13. The lowest BCUT2D eigenvalue weighted by Gasteiger charge is -2.28. The van der Waals surface area contributed by atoms with E-state index >= 15 is 0 Å². The first-order chi connectivity index (χ1) is 9.69. The molecule has 0 heterocycles. The van der Waals surface area contributed by atoms with Crippen molar-refractivity contribution in [1.82, 2.24) is 0 Å². The van der Waals surface area contributed by atoms with Crippen LogP contribution < -0.4 is 0 Å². The van der Waals surface area contributed by atoms with Crippen LogP contribution in [0, 0.1) is 12.3 Å². The molecule has 0 bridgehead atoms. The van der Waals surface area contributed by atoms with Crippen LogP contribution in [0.2, 0.25) is 0 Å². The van der Waals surface area contributed by atoms with E-state index in [1.54, 1.807) is 6.92 Å². The number of hydrogen-bond acceptors (Lipinski definition) is 4. The van der Waals surface area contributed by atoms with Crippen molar-refractivity contribution in [3.63, 3.8) is 0 Å². The molecule has 0 saturated carbocycles. The number of aliphatic hydroxyl groups excluding tert-OH is 1. The van der Waals surface area contributed by atoms with Gasteiger partial charge in [0.05, 0.1) is 18.8 Å². The van der Waals surface area contributed by atoms with Crippen molar-refractivity contribution in [3.05, 3.63) is 35.9 Å². The van der Waals surface area contributed by atoms with Gasteiger partial charge in [-0.05, 0) is 12.5 Å². The van der Waals surface area contributed by atoms with Crippen LogP contribution >= 0.6 is 0 Å². The van der Waals surface area contributed by atoms with E-state index in [-0.39, 0.29) is 6.79 Å². The van der Waals surface area contributed by atoms with Gasteiger partial charge in [0.25, 0.3) is 0 Å². The molecular weight excluding hydrogens is 256 g/mol. The zero-order chi connectivity index (χ0) is 14.8. The Bertz CT molecular complexity index is 397. The Morgan fingerprint density at radius 2 is 1.95 bits per heavy atom. The molecule has 20 heavy (non-hydrogen) atoms. The van der Waals surface area contributed by atoms with Crippen molar-refractivity contribution in [2.24, 2.45) is 0 Å². The molecule has 0 aliphatic rings. The van der Waals surface area contributed by atoms with E-state index in [2.05, 4.69) is 5.92 Å². The van der Waals surface area contributed by atoms with Crippen LogP contribution in [-0.2, 0) is 20.8 Å². The minimum absolute atomic E-state index is 0.115. The molecule has 0 spiro atoms. The molecule has 4 nitrogen and oxygen atoms in total. The van der Waals surface area contributed by atoms with Gasteiger partial charge in [-0.15, -0.1) is 12.3 Å². The standard InChI is InChI=1S/C16H22O4/c1-4-8-15(20-12-18-3)16(13(2)17)19-11-14-9-6-5-7-10-14/h1,5-7,9-10,13,15-17H,8,11-12H2,2-3H3/t13?,15-,16-/m1/s1. The van der Waals surface area contributed by atoms with E-state index in [1.165, 1.54) is 7.11 Å². The van der Waals surface area contributed by atoms with E-state index < -0.39 is 18.3 Å². The molecule has 110 valence electrons. The lowest BCUT2D eigenvalue weighted by molar-refractivity contribution is -0.156. The summed E-state index contributed by atoms with van der Waals surface area (Å²) in [4.78, 5) is 0. The second-order valence-electron chi connectivity index (χ2n) is 4.52. The maximum absolute atomic E-state index is 9.87. The summed E-state index contributed by atoms with van der Waals surface area (Å²) < 4.78 is 16.2. The SMILES string of the molecule is C#CC[C@@H](OCOC)[C@H](OCc1ccccc1)C(C)O. The largest absolute Gasteiger partial charge is 0.391 e. The number of terminal acetylenes is 1. The van der Waals surface area contributed by atoms with Gasteiger partial charge >= 0.3 is 0 Å². The zero-order valence-electron chi connectivity index (χ0n) is 12.0. The van der Waals surface area contributed by atoms with Gasteiger partial charge in [-0.2, -0.15) is 0 Å². The van der Waals surface area contributed by atoms with Crippen LogP contribution in [0.4, 0.5) is 0 Å². The summed E-state index contributed by atoms with van der Waals surface area (Å²) in [5.41, 5.74) is 1.03. The van der Waals surface area contributed by atoms with Gasteiger partial charge in [0.15, 0.2) is 0 Å². The third kappa shape index (κ3) is 5.72. The second-order valence-corrected chi connectivity index (χ2v) is 4.52. The summed E-state index contributed by atoms with van der Waals surface area (Å²) in [5.74, 6) is 2.54. The van der Waals surface area contributed by atoms with Crippen molar-refractivity contribution in [1.29, 1.82) is 0 Å². The summed E-state index contributed by atoms with van der Waals surface area (Å²) in [5, 5.41) is 9.87. The Kier molecular flexibility index (Phi) is 7.93. The summed E-state index contributed by atoms with van der Waals surface area (Å²) in [6, 6.07) is 9.75. The third-order valence-electron chi connectivity index (χ3n) is 2.85. The molecule has 0 aliphatic carbocycles. The van der Waals surface area contributed by atoms with Crippen LogP contribution in [0.3, 0.4) is 0 Å². The smallest absolute Gasteiger partial charge is 0.146 e. The van der Waals surface area contributed by atoms with Gasteiger partial charge in [-0.25, -0.2) is 0 Å². The number of hydrogen-bond donors (Lipinski definition) is 1. The number of methoxy groups -OCH3 is 1. The normalized spacial score (nSPS) is 15.3. The fraction of sp³-hybridized carbons (Fsp3) is 0.500. The molecule has 3 atom stereocenters. The lowest BCUT2D eigenvalue weighted by Crippen LogP contribution is -2.40. The third-order valence-corrected chi connectivity index (χ3v) is 2.85. The molecule has 0 aromatic heterocycles. The average Bonchev–Trinajstić information content (AvgIpc) is 2.45. The monoisotopic (exact) mass is 278 g/mol. The van der Waals surface area contributed by atoms with E-state index in [9.17, 15) is 5.11 Å². The van der Waals surface area contributed by atoms with Gasteiger partial charge in [0.1, 0.15) is 12.9 Å². The summed E-state index contributed by atoms with van der Waals surface area (Å²) >= 11 is 0. The fourth-order valence-corrected chi connectivity index (χ4v) is 1.87. The van der Waals surface area contributed by atoms with Crippen LogP contribution in [0.25, 0.3) is 0 Å². The Morgan fingerprint density at radius 3 is 2.50 bits per heavy atom. The molecule has 0 aliphatic heterocycles. The molecule has 1 aromatic rings. The molecule has 1 N–H and O–H groups in total. The molecule has 0 fully saturated rings. The molecule has 4 heteroatoms. The molecule has 0 radical (unpaired) electrons. The summed E-state index contributed by atoms with van der Waals surface area (Å²) in [6.07, 6.45) is 4.11. The molecule has 1 rings (SSSR count). The molecule has 0 saturated heterocycles. The molecular formula is C16H22O4. The highest BCUT2D eigenvalue weighted by Gasteiger charge is 2.27. The molecule has 1 unspecified atom stereocenters. The highest BCUT2D eigenvalue weighted by Crippen LogP contribution is 2.15. The van der Waals surface area contributed by atoms with Crippen molar-refractivity contribution in [3.8, 4) is 12.3 Å². The van der Waals surface area contributed by atoms with Crippen molar-refractivity contribution < 1.29 is 19.3 Å². The zero-order valence-corrected chi connectivity index (χ0v) is 12.0. The summed E-state index contributed by atoms with van der Waals surface area (Å²) in [7, 11) is 1.54. The number of benzene rings is 1. The second kappa shape index (κ2) is 9.51. The van der Waals surface area contributed by atoms with Crippen molar-refractivity contribution >= 4 is 0 Å². The minimum Gasteiger partial charge on any atom is -0.391 e. The van der Waals surface area contributed by atoms with Gasteiger partial charge in [-0.1, -0.05) is 30.3 Å². The van der Waals surface area contributed by atoms with E-state index in [1.807, 2.05) is 30.3 Å². The van der Waals surface area contributed by atoms with E-state index in [4.69, 9.17) is 20.6 Å². The van der Waals surface area contributed by atoms with Crippen molar-refractivity contribution in [2.75, 3.05) is 13.9 Å². The number of ether oxygens (including phenoxy) is 3. The minimum atomic E-state index is -0.686. The lowest BCUT2D eigenvalue weighted by atomic mass is 10.1. The Morgan fingerprint density at radius 1 is 1.25 bits per heavy atom. The Hall–Kier alpha value is -1.38. The Balaban J connectivity index is 2.63.